The number of nitrogens with zero attached hydrogens (tertiary/aromatic N) is 2. The van der Waals surface area contributed by atoms with E-state index in [0.29, 0.717) is 23.2 Å². The summed E-state index contributed by atoms with van der Waals surface area (Å²) in [6.45, 7) is 6.26. The summed E-state index contributed by atoms with van der Waals surface area (Å²) in [6, 6.07) is 0. The summed E-state index contributed by atoms with van der Waals surface area (Å²) < 4.78 is 6.72. The van der Waals surface area contributed by atoms with Gasteiger partial charge in [-0.15, -0.1) is 11.8 Å². The fraction of sp³-hybridized carbons (Fsp3) is 0.417. The first-order valence-electron chi connectivity index (χ1n) is 5.73. The van der Waals surface area contributed by atoms with E-state index in [1.165, 1.54) is 11.3 Å². The van der Waals surface area contributed by atoms with Gasteiger partial charge in [0.1, 0.15) is 5.76 Å². The number of thiazole rings is 1. The van der Waals surface area contributed by atoms with Crippen LogP contribution in [0.5, 0.6) is 0 Å². The van der Waals surface area contributed by atoms with Crippen molar-refractivity contribution in [1.82, 2.24) is 9.97 Å². The van der Waals surface area contributed by atoms with E-state index >= 15 is 0 Å². The summed E-state index contributed by atoms with van der Waals surface area (Å²) in [6.07, 6.45) is 4.13. The van der Waals surface area contributed by atoms with E-state index in [-0.39, 0.29) is 5.41 Å². The van der Waals surface area contributed by atoms with E-state index in [4.69, 9.17) is 4.42 Å². The number of aromatic nitrogens is 2. The van der Waals surface area contributed by atoms with Crippen molar-refractivity contribution in [2.24, 2.45) is 0 Å². The van der Waals surface area contributed by atoms with Crippen molar-refractivity contribution in [3.05, 3.63) is 24.0 Å². The molecule has 0 radical (unpaired) electrons. The molecule has 0 aliphatic heterocycles. The van der Waals surface area contributed by atoms with Gasteiger partial charge in [-0.1, -0.05) is 32.1 Å². The van der Waals surface area contributed by atoms with Crippen molar-refractivity contribution in [2.45, 2.75) is 36.1 Å². The molecule has 2 rings (SSSR count). The molecule has 0 unspecified atom stereocenters. The molecule has 0 aliphatic carbocycles. The predicted octanol–water partition coefficient (Wildman–Crippen LogP) is 3.29. The number of rotatable bonds is 5. The Morgan fingerprint density at radius 1 is 1.42 bits per heavy atom. The molecular formula is C12H15N3O2S2. The van der Waals surface area contributed by atoms with Crippen LogP contribution in [0.3, 0.4) is 0 Å². The highest BCUT2D eigenvalue weighted by molar-refractivity contribution is 8.00. The summed E-state index contributed by atoms with van der Waals surface area (Å²) in [7, 11) is 0. The molecule has 0 spiro atoms. The van der Waals surface area contributed by atoms with Crippen molar-refractivity contribution < 1.29 is 9.21 Å². The fourth-order valence-corrected chi connectivity index (χ4v) is 2.98. The molecule has 1 N–H and O–H groups in total. The molecule has 0 atom stereocenters. The molecule has 0 bridgehead atoms. The monoisotopic (exact) mass is 297 g/mol. The van der Waals surface area contributed by atoms with E-state index in [1.807, 2.05) is 0 Å². The number of hydrogen-bond acceptors (Lipinski definition) is 6. The number of oxazole rings is 1. The molecular weight excluding hydrogens is 282 g/mol. The van der Waals surface area contributed by atoms with Gasteiger partial charge in [-0.05, 0) is 0 Å². The van der Waals surface area contributed by atoms with Crippen LogP contribution in [0.4, 0.5) is 5.13 Å². The Morgan fingerprint density at radius 2 is 2.21 bits per heavy atom. The first-order valence-corrected chi connectivity index (χ1v) is 7.53. The van der Waals surface area contributed by atoms with Gasteiger partial charge >= 0.3 is 0 Å². The second-order valence-corrected chi connectivity index (χ2v) is 7.21. The van der Waals surface area contributed by atoms with Crippen LogP contribution >= 0.6 is 23.1 Å². The standard InChI is InChI=1S/C12H15N3O2S2/c1-12(2,3)8-4-13-9(17-8)6-18-10-5-14-11(19-10)15-7-16/h4-5,7H,6H2,1-3H3,(H,14,15,16). The highest BCUT2D eigenvalue weighted by Crippen LogP contribution is 2.31. The van der Waals surface area contributed by atoms with Crippen LogP contribution < -0.4 is 5.32 Å². The maximum Gasteiger partial charge on any atom is 0.213 e. The second-order valence-electron chi connectivity index (χ2n) is 4.90. The van der Waals surface area contributed by atoms with Gasteiger partial charge in [-0.3, -0.25) is 4.79 Å². The summed E-state index contributed by atoms with van der Waals surface area (Å²) in [5, 5.41) is 3.12. The largest absolute Gasteiger partial charge is 0.444 e. The van der Waals surface area contributed by atoms with Gasteiger partial charge in [0.2, 0.25) is 12.3 Å². The summed E-state index contributed by atoms with van der Waals surface area (Å²) in [5.41, 5.74) is -0.0263. The number of thioether (sulfide) groups is 1. The fourth-order valence-electron chi connectivity index (χ4n) is 1.30. The van der Waals surface area contributed by atoms with Crippen LogP contribution in [0.2, 0.25) is 0 Å². The summed E-state index contributed by atoms with van der Waals surface area (Å²) in [4.78, 5) is 18.6. The van der Waals surface area contributed by atoms with E-state index in [9.17, 15) is 4.79 Å². The van der Waals surface area contributed by atoms with E-state index in [2.05, 4.69) is 36.1 Å². The average molecular weight is 297 g/mol. The summed E-state index contributed by atoms with van der Waals surface area (Å²) in [5.74, 6) is 2.24. The molecule has 2 aromatic rings. The van der Waals surface area contributed by atoms with Crippen molar-refractivity contribution in [1.29, 1.82) is 0 Å². The molecule has 0 fully saturated rings. The molecule has 2 heterocycles. The van der Waals surface area contributed by atoms with Crippen LogP contribution in [-0.2, 0) is 16.0 Å². The molecule has 19 heavy (non-hydrogen) atoms. The van der Waals surface area contributed by atoms with Gasteiger partial charge < -0.3 is 9.73 Å². The molecule has 7 heteroatoms. The highest BCUT2D eigenvalue weighted by atomic mass is 32.2. The van der Waals surface area contributed by atoms with Crippen LogP contribution in [0.1, 0.15) is 32.4 Å². The minimum atomic E-state index is -0.0263. The lowest BCUT2D eigenvalue weighted by atomic mass is 9.94. The molecule has 102 valence electrons. The molecule has 0 aromatic carbocycles. The molecule has 0 saturated heterocycles. The Labute approximate surface area is 119 Å². The number of nitrogens with one attached hydrogen (secondary N) is 1. The van der Waals surface area contributed by atoms with Gasteiger partial charge in [0.15, 0.2) is 5.13 Å². The van der Waals surface area contributed by atoms with Crippen LogP contribution in [-0.4, -0.2) is 16.4 Å². The lowest BCUT2D eigenvalue weighted by Crippen LogP contribution is -2.09. The van der Waals surface area contributed by atoms with Gasteiger partial charge in [0.05, 0.1) is 22.4 Å². The molecule has 0 aliphatic rings. The number of amides is 1. The minimum absolute atomic E-state index is 0.0263. The van der Waals surface area contributed by atoms with E-state index in [0.717, 1.165) is 9.97 Å². The average Bonchev–Trinajstić information content (AvgIpc) is 2.94. The number of carbonyl (C=O) groups is 1. The smallest absolute Gasteiger partial charge is 0.213 e. The third kappa shape index (κ3) is 3.81. The van der Waals surface area contributed by atoms with Crippen molar-refractivity contribution in [3.63, 3.8) is 0 Å². The third-order valence-electron chi connectivity index (χ3n) is 2.30. The minimum Gasteiger partial charge on any atom is -0.444 e. The van der Waals surface area contributed by atoms with E-state index < -0.39 is 0 Å². The van der Waals surface area contributed by atoms with Crippen LogP contribution in [0, 0.1) is 0 Å². The molecule has 5 nitrogen and oxygen atoms in total. The Bertz CT molecular complexity index is 557. The predicted molar refractivity (Wildman–Crippen MR) is 76.6 cm³/mol. The summed E-state index contributed by atoms with van der Waals surface area (Å²) >= 11 is 3.02. The zero-order chi connectivity index (χ0) is 13.9. The van der Waals surface area contributed by atoms with Gasteiger partial charge in [-0.25, -0.2) is 9.97 Å². The van der Waals surface area contributed by atoms with Crippen molar-refractivity contribution in [3.8, 4) is 0 Å². The maximum absolute atomic E-state index is 10.3. The lowest BCUT2D eigenvalue weighted by Gasteiger charge is -2.12. The SMILES string of the molecule is CC(C)(C)c1cnc(CSc2cnc(NC=O)s2)o1. The topological polar surface area (TPSA) is 68.0 Å². The van der Waals surface area contributed by atoms with Crippen molar-refractivity contribution in [2.75, 3.05) is 5.32 Å². The number of anilines is 1. The van der Waals surface area contributed by atoms with E-state index in [1.54, 1.807) is 24.2 Å². The third-order valence-corrected chi connectivity index (χ3v) is 4.41. The normalized spacial score (nSPS) is 11.5. The van der Waals surface area contributed by atoms with Gasteiger partial charge in [-0.2, -0.15) is 0 Å². The molecule has 2 aromatic heterocycles. The number of carbonyl (C=O) groups excluding carboxylic acids is 1. The highest BCUT2D eigenvalue weighted by Gasteiger charge is 2.19. The van der Waals surface area contributed by atoms with Crippen LogP contribution in [0.15, 0.2) is 21.0 Å². The Morgan fingerprint density at radius 3 is 2.84 bits per heavy atom. The van der Waals surface area contributed by atoms with Crippen LogP contribution in [0.25, 0.3) is 0 Å². The first-order chi connectivity index (χ1) is 8.99. The Kier molecular flexibility index (Phi) is 4.26. The van der Waals surface area contributed by atoms with Gasteiger partial charge in [0.25, 0.3) is 0 Å². The quantitative estimate of drug-likeness (QED) is 0.677. The zero-order valence-electron chi connectivity index (χ0n) is 11.0. The first kappa shape index (κ1) is 14.1. The lowest BCUT2D eigenvalue weighted by molar-refractivity contribution is -0.105. The number of hydrogen-bond donors (Lipinski definition) is 1. The molecule has 1 amide bonds. The second kappa shape index (κ2) is 5.75. The Balaban J connectivity index is 1.94. The van der Waals surface area contributed by atoms with Crippen molar-refractivity contribution >= 4 is 34.6 Å². The Hall–Kier alpha value is -1.34. The zero-order valence-corrected chi connectivity index (χ0v) is 12.6. The maximum atomic E-state index is 10.3. The van der Waals surface area contributed by atoms with Gasteiger partial charge in [0, 0.05) is 5.41 Å². The molecule has 0 saturated carbocycles.